The maximum Gasteiger partial charge on any atom is 0.255 e. The molecule has 0 atom stereocenters. The zero-order valence-electron chi connectivity index (χ0n) is 9.99. The SMILES string of the molecule is NCCC1CCN(C(=O)c2cc(Br)sc2Br)CC1. The molecule has 100 valence electrons. The van der Waals surface area contributed by atoms with Crippen molar-refractivity contribution in [2.75, 3.05) is 19.6 Å². The fraction of sp³-hybridized carbons (Fsp3) is 0.583. The number of halogens is 2. The summed E-state index contributed by atoms with van der Waals surface area (Å²) in [6.45, 7) is 2.45. The minimum atomic E-state index is 0.134. The van der Waals surface area contributed by atoms with Crippen LogP contribution in [0.15, 0.2) is 13.6 Å². The lowest BCUT2D eigenvalue weighted by Crippen LogP contribution is -2.38. The Labute approximate surface area is 128 Å². The molecule has 1 aromatic heterocycles. The number of carbonyl (C=O) groups excluding carboxylic acids is 1. The number of amides is 1. The second kappa shape index (κ2) is 6.50. The molecular weight excluding hydrogens is 380 g/mol. The molecule has 3 nitrogen and oxygen atoms in total. The summed E-state index contributed by atoms with van der Waals surface area (Å²) in [5, 5.41) is 0. The summed E-state index contributed by atoms with van der Waals surface area (Å²) in [6, 6.07) is 1.89. The average Bonchev–Trinajstić information content (AvgIpc) is 2.69. The Morgan fingerprint density at radius 2 is 2.11 bits per heavy atom. The predicted octanol–water partition coefficient (Wildman–Crippen LogP) is 3.47. The molecule has 1 amide bonds. The summed E-state index contributed by atoms with van der Waals surface area (Å²) in [7, 11) is 0. The third-order valence-corrected chi connectivity index (χ3v) is 5.70. The van der Waals surface area contributed by atoms with Gasteiger partial charge in [0.2, 0.25) is 0 Å². The predicted molar refractivity (Wildman–Crippen MR) is 82.0 cm³/mol. The molecule has 1 aliphatic heterocycles. The molecule has 0 aromatic carbocycles. The number of hydrogen-bond donors (Lipinski definition) is 1. The van der Waals surface area contributed by atoms with E-state index in [0.717, 1.165) is 52.0 Å². The molecule has 1 fully saturated rings. The summed E-state index contributed by atoms with van der Waals surface area (Å²) in [5.41, 5.74) is 6.34. The fourth-order valence-electron chi connectivity index (χ4n) is 2.32. The van der Waals surface area contributed by atoms with E-state index in [1.807, 2.05) is 11.0 Å². The lowest BCUT2D eigenvalue weighted by Gasteiger charge is -2.31. The largest absolute Gasteiger partial charge is 0.339 e. The number of piperidine rings is 1. The number of nitrogens with zero attached hydrogens (tertiary/aromatic N) is 1. The van der Waals surface area contributed by atoms with Crippen LogP contribution in [0.4, 0.5) is 0 Å². The Hall–Kier alpha value is 0.0900. The van der Waals surface area contributed by atoms with Crippen LogP contribution in [0.3, 0.4) is 0 Å². The minimum absolute atomic E-state index is 0.134. The minimum Gasteiger partial charge on any atom is -0.339 e. The van der Waals surface area contributed by atoms with Gasteiger partial charge in [-0.05, 0) is 69.7 Å². The van der Waals surface area contributed by atoms with Gasteiger partial charge in [-0.1, -0.05) is 0 Å². The summed E-state index contributed by atoms with van der Waals surface area (Å²) >= 11 is 8.39. The monoisotopic (exact) mass is 394 g/mol. The highest BCUT2D eigenvalue weighted by molar-refractivity contribution is 9.12. The molecule has 0 radical (unpaired) electrons. The Kier molecular flexibility index (Phi) is 5.24. The molecular formula is C12H16Br2N2OS. The highest BCUT2D eigenvalue weighted by atomic mass is 79.9. The van der Waals surface area contributed by atoms with Crippen molar-refractivity contribution in [3.8, 4) is 0 Å². The third-order valence-electron chi connectivity index (χ3n) is 3.36. The Morgan fingerprint density at radius 1 is 1.44 bits per heavy atom. The van der Waals surface area contributed by atoms with E-state index in [4.69, 9.17) is 5.73 Å². The van der Waals surface area contributed by atoms with E-state index in [0.29, 0.717) is 5.92 Å². The summed E-state index contributed by atoms with van der Waals surface area (Å²) in [6.07, 6.45) is 3.23. The van der Waals surface area contributed by atoms with Gasteiger partial charge in [-0.25, -0.2) is 0 Å². The van der Waals surface area contributed by atoms with Gasteiger partial charge in [-0.15, -0.1) is 11.3 Å². The van der Waals surface area contributed by atoms with Crippen LogP contribution >= 0.6 is 43.2 Å². The Morgan fingerprint density at radius 3 is 2.61 bits per heavy atom. The van der Waals surface area contributed by atoms with Gasteiger partial charge in [0.15, 0.2) is 0 Å². The van der Waals surface area contributed by atoms with Crippen molar-refractivity contribution in [3.63, 3.8) is 0 Å². The summed E-state index contributed by atoms with van der Waals surface area (Å²) < 4.78 is 1.89. The lowest BCUT2D eigenvalue weighted by molar-refractivity contribution is 0.0687. The van der Waals surface area contributed by atoms with Gasteiger partial charge in [0.25, 0.3) is 5.91 Å². The van der Waals surface area contributed by atoms with Crippen LogP contribution in [0.5, 0.6) is 0 Å². The number of thiophene rings is 1. The van der Waals surface area contributed by atoms with E-state index in [-0.39, 0.29) is 5.91 Å². The molecule has 0 unspecified atom stereocenters. The number of hydrogen-bond acceptors (Lipinski definition) is 3. The topological polar surface area (TPSA) is 46.3 Å². The normalized spacial score (nSPS) is 17.2. The van der Waals surface area contributed by atoms with E-state index in [9.17, 15) is 4.79 Å². The Bertz CT molecular complexity index is 428. The van der Waals surface area contributed by atoms with Gasteiger partial charge in [-0.3, -0.25) is 4.79 Å². The molecule has 2 heterocycles. The van der Waals surface area contributed by atoms with Gasteiger partial charge >= 0.3 is 0 Å². The van der Waals surface area contributed by atoms with E-state index >= 15 is 0 Å². The van der Waals surface area contributed by atoms with E-state index in [1.54, 1.807) is 0 Å². The second-order valence-electron chi connectivity index (χ2n) is 4.55. The molecule has 0 spiro atoms. The van der Waals surface area contributed by atoms with Crippen LogP contribution in [0.25, 0.3) is 0 Å². The van der Waals surface area contributed by atoms with Crippen LogP contribution < -0.4 is 5.73 Å². The van der Waals surface area contributed by atoms with Crippen molar-refractivity contribution < 1.29 is 4.79 Å². The van der Waals surface area contributed by atoms with Gasteiger partial charge in [-0.2, -0.15) is 0 Å². The molecule has 6 heteroatoms. The number of nitrogens with two attached hydrogens (primary N) is 1. The molecule has 0 saturated carbocycles. The first-order valence-electron chi connectivity index (χ1n) is 6.06. The fourth-order valence-corrected chi connectivity index (χ4v) is 5.09. The summed E-state index contributed by atoms with van der Waals surface area (Å²) in [5.74, 6) is 0.826. The first kappa shape index (κ1) is 14.5. The molecule has 2 rings (SSSR count). The van der Waals surface area contributed by atoms with Crippen LogP contribution in [-0.4, -0.2) is 30.4 Å². The van der Waals surface area contributed by atoms with Gasteiger partial charge in [0.05, 0.1) is 13.1 Å². The highest BCUT2D eigenvalue weighted by Crippen LogP contribution is 2.33. The maximum atomic E-state index is 12.4. The van der Waals surface area contributed by atoms with Crippen LogP contribution in [0.2, 0.25) is 0 Å². The van der Waals surface area contributed by atoms with E-state index < -0.39 is 0 Å². The molecule has 18 heavy (non-hydrogen) atoms. The highest BCUT2D eigenvalue weighted by Gasteiger charge is 2.25. The standard InChI is InChI=1S/C12H16Br2N2OS/c13-10-7-9(11(14)18-10)12(17)16-5-2-8(1-4-15)3-6-16/h7-8H,1-6,15H2. The molecule has 1 aliphatic rings. The van der Waals surface area contributed by atoms with Crippen LogP contribution in [0.1, 0.15) is 29.6 Å². The van der Waals surface area contributed by atoms with Gasteiger partial charge in [0.1, 0.15) is 0 Å². The summed E-state index contributed by atoms with van der Waals surface area (Å²) in [4.78, 5) is 14.3. The third kappa shape index (κ3) is 3.35. The first-order chi connectivity index (χ1) is 8.61. The molecule has 0 bridgehead atoms. The van der Waals surface area contributed by atoms with Crippen molar-refractivity contribution >= 4 is 49.1 Å². The number of rotatable bonds is 3. The molecule has 2 N–H and O–H groups in total. The van der Waals surface area contributed by atoms with Crippen LogP contribution in [-0.2, 0) is 0 Å². The van der Waals surface area contributed by atoms with E-state index in [2.05, 4.69) is 31.9 Å². The van der Waals surface area contributed by atoms with Crippen molar-refractivity contribution in [1.82, 2.24) is 4.90 Å². The molecule has 1 saturated heterocycles. The lowest BCUT2D eigenvalue weighted by atomic mass is 9.93. The quantitative estimate of drug-likeness (QED) is 0.851. The maximum absolute atomic E-state index is 12.4. The Balaban J connectivity index is 1.97. The smallest absolute Gasteiger partial charge is 0.255 e. The van der Waals surface area contributed by atoms with Crippen molar-refractivity contribution in [3.05, 3.63) is 19.2 Å². The zero-order chi connectivity index (χ0) is 13.1. The van der Waals surface area contributed by atoms with E-state index in [1.165, 1.54) is 11.3 Å². The van der Waals surface area contributed by atoms with Crippen molar-refractivity contribution in [2.45, 2.75) is 19.3 Å². The van der Waals surface area contributed by atoms with Crippen molar-refractivity contribution in [2.24, 2.45) is 11.7 Å². The van der Waals surface area contributed by atoms with Gasteiger partial charge in [0, 0.05) is 13.1 Å². The van der Waals surface area contributed by atoms with Crippen LogP contribution in [0, 0.1) is 5.92 Å². The molecule has 0 aliphatic carbocycles. The average molecular weight is 396 g/mol. The molecule has 1 aromatic rings. The number of likely N-dealkylation sites (tertiary alicyclic amines) is 1. The van der Waals surface area contributed by atoms with Crippen molar-refractivity contribution in [1.29, 1.82) is 0 Å². The zero-order valence-corrected chi connectivity index (χ0v) is 14.0. The first-order valence-corrected chi connectivity index (χ1v) is 8.46. The number of carbonyl (C=O) groups is 1. The second-order valence-corrected chi connectivity index (χ2v) is 8.30. The van der Waals surface area contributed by atoms with Gasteiger partial charge < -0.3 is 10.6 Å².